The second kappa shape index (κ2) is 6.62. The molecule has 0 saturated heterocycles. The topological polar surface area (TPSA) is 62.8 Å². The predicted octanol–water partition coefficient (Wildman–Crippen LogP) is 4.30. The van der Waals surface area contributed by atoms with Crippen molar-refractivity contribution in [1.82, 2.24) is 15.2 Å². The molecule has 0 amide bonds. The van der Waals surface area contributed by atoms with E-state index < -0.39 is 11.7 Å². The van der Waals surface area contributed by atoms with Gasteiger partial charge in [-0.25, -0.2) is 4.98 Å². The van der Waals surface area contributed by atoms with Gasteiger partial charge in [0.25, 0.3) is 0 Å². The smallest absolute Gasteiger partial charge is 0.417 e. The van der Waals surface area contributed by atoms with Gasteiger partial charge in [-0.3, -0.25) is 5.10 Å². The molecule has 0 aliphatic heterocycles. The number of ether oxygens (including phenoxy) is 1. The lowest BCUT2D eigenvalue weighted by Crippen LogP contribution is -2.09. The Morgan fingerprint density at radius 3 is 2.72 bits per heavy atom. The fourth-order valence-electron chi connectivity index (χ4n) is 2.64. The minimum atomic E-state index is -4.49. The number of aromatic amines is 1. The molecular weight excluding hydrogens is 333 g/mol. The fourth-order valence-corrected chi connectivity index (χ4v) is 2.64. The SMILES string of the molecule is CCOc1ccccc1CNc1n[nH]c2nc(C)cc(C(F)(F)F)c12. The summed E-state index contributed by atoms with van der Waals surface area (Å²) in [4.78, 5) is 4.09. The van der Waals surface area contributed by atoms with Gasteiger partial charge < -0.3 is 10.1 Å². The number of alkyl halides is 3. The van der Waals surface area contributed by atoms with Crippen LogP contribution in [0.4, 0.5) is 19.0 Å². The fraction of sp³-hybridized carbons (Fsp3) is 0.294. The van der Waals surface area contributed by atoms with E-state index in [4.69, 9.17) is 4.74 Å². The number of para-hydroxylation sites is 1. The summed E-state index contributed by atoms with van der Waals surface area (Å²) in [5.74, 6) is 0.795. The van der Waals surface area contributed by atoms with Crippen LogP contribution in [0.1, 0.15) is 23.7 Å². The van der Waals surface area contributed by atoms with Crippen molar-refractivity contribution >= 4 is 16.9 Å². The summed E-state index contributed by atoms with van der Waals surface area (Å²) in [5.41, 5.74) is 0.447. The highest BCUT2D eigenvalue weighted by molar-refractivity contribution is 5.91. The zero-order valence-corrected chi connectivity index (χ0v) is 13.7. The molecule has 0 aliphatic carbocycles. The highest BCUT2D eigenvalue weighted by Gasteiger charge is 2.35. The molecule has 2 aromatic heterocycles. The first-order chi connectivity index (χ1) is 11.9. The average Bonchev–Trinajstić information content (AvgIpc) is 2.95. The van der Waals surface area contributed by atoms with Gasteiger partial charge in [0.15, 0.2) is 11.5 Å². The van der Waals surface area contributed by atoms with Crippen LogP contribution in [0.15, 0.2) is 30.3 Å². The third-order valence-electron chi connectivity index (χ3n) is 3.68. The van der Waals surface area contributed by atoms with E-state index in [-0.39, 0.29) is 29.1 Å². The number of rotatable bonds is 5. The van der Waals surface area contributed by atoms with E-state index >= 15 is 0 Å². The molecule has 0 radical (unpaired) electrons. The minimum Gasteiger partial charge on any atom is -0.494 e. The lowest BCUT2D eigenvalue weighted by Gasteiger charge is -2.12. The van der Waals surface area contributed by atoms with Crippen LogP contribution in [-0.4, -0.2) is 21.8 Å². The summed E-state index contributed by atoms with van der Waals surface area (Å²) < 4.78 is 45.6. The molecule has 0 unspecified atom stereocenters. The van der Waals surface area contributed by atoms with E-state index in [2.05, 4.69) is 20.5 Å². The molecule has 1 aromatic carbocycles. The second-order valence-corrected chi connectivity index (χ2v) is 5.50. The van der Waals surface area contributed by atoms with Crippen LogP contribution in [-0.2, 0) is 12.7 Å². The van der Waals surface area contributed by atoms with Crippen LogP contribution in [0.3, 0.4) is 0 Å². The van der Waals surface area contributed by atoms with Crippen LogP contribution in [0, 0.1) is 6.92 Å². The van der Waals surface area contributed by atoms with E-state index in [0.717, 1.165) is 11.6 Å². The maximum Gasteiger partial charge on any atom is 0.417 e. The number of halogens is 3. The molecule has 3 rings (SSSR count). The molecule has 0 aliphatic rings. The zero-order valence-electron chi connectivity index (χ0n) is 13.7. The van der Waals surface area contributed by atoms with Crippen molar-refractivity contribution in [1.29, 1.82) is 0 Å². The molecule has 25 heavy (non-hydrogen) atoms. The molecule has 8 heteroatoms. The van der Waals surface area contributed by atoms with Crippen LogP contribution < -0.4 is 10.1 Å². The van der Waals surface area contributed by atoms with Gasteiger partial charge >= 0.3 is 6.18 Å². The number of nitrogens with zero attached hydrogens (tertiary/aromatic N) is 2. The molecule has 2 heterocycles. The number of anilines is 1. The Kier molecular flexibility index (Phi) is 4.52. The van der Waals surface area contributed by atoms with Gasteiger partial charge in [-0.05, 0) is 26.0 Å². The first kappa shape index (κ1) is 17.1. The molecular formula is C17H17F3N4O. The highest BCUT2D eigenvalue weighted by atomic mass is 19.4. The molecule has 132 valence electrons. The molecule has 0 saturated carbocycles. The molecule has 0 fully saturated rings. The molecule has 0 spiro atoms. The molecule has 5 nitrogen and oxygen atoms in total. The number of fused-ring (bicyclic) bond motifs is 1. The Balaban J connectivity index is 1.95. The van der Waals surface area contributed by atoms with Crippen molar-refractivity contribution in [3.05, 3.63) is 47.2 Å². The third-order valence-corrected chi connectivity index (χ3v) is 3.68. The molecule has 0 bridgehead atoms. The van der Waals surface area contributed by atoms with Crippen LogP contribution in [0.25, 0.3) is 11.0 Å². The maximum atomic E-state index is 13.4. The lowest BCUT2D eigenvalue weighted by atomic mass is 10.1. The largest absolute Gasteiger partial charge is 0.494 e. The molecule has 2 N–H and O–H groups in total. The summed E-state index contributed by atoms with van der Waals surface area (Å²) in [5, 5.41) is 9.41. The van der Waals surface area contributed by atoms with Crippen molar-refractivity contribution in [2.24, 2.45) is 0 Å². The summed E-state index contributed by atoms with van der Waals surface area (Å²) in [6.45, 7) is 4.17. The van der Waals surface area contributed by atoms with Crippen LogP contribution in [0.2, 0.25) is 0 Å². The van der Waals surface area contributed by atoms with Gasteiger partial charge in [0, 0.05) is 17.8 Å². The number of benzene rings is 1. The Bertz CT molecular complexity index is 889. The number of hydrogen-bond acceptors (Lipinski definition) is 4. The summed E-state index contributed by atoms with van der Waals surface area (Å²) in [6.07, 6.45) is -4.49. The predicted molar refractivity (Wildman–Crippen MR) is 88.6 cm³/mol. The van der Waals surface area contributed by atoms with Gasteiger partial charge in [-0.15, -0.1) is 0 Å². The highest BCUT2D eigenvalue weighted by Crippen LogP contribution is 2.37. The summed E-state index contributed by atoms with van der Waals surface area (Å²) in [6, 6.07) is 8.37. The van der Waals surface area contributed by atoms with Crippen molar-refractivity contribution in [3.63, 3.8) is 0 Å². The van der Waals surface area contributed by atoms with E-state index in [1.807, 2.05) is 31.2 Å². The van der Waals surface area contributed by atoms with Crippen molar-refractivity contribution in [2.45, 2.75) is 26.6 Å². The van der Waals surface area contributed by atoms with Gasteiger partial charge in [0.2, 0.25) is 0 Å². The number of aromatic nitrogens is 3. The van der Waals surface area contributed by atoms with Crippen molar-refractivity contribution in [2.75, 3.05) is 11.9 Å². The average molecular weight is 350 g/mol. The Morgan fingerprint density at radius 1 is 1.24 bits per heavy atom. The third kappa shape index (κ3) is 3.52. The quantitative estimate of drug-likeness (QED) is 0.720. The zero-order chi connectivity index (χ0) is 18.0. The summed E-state index contributed by atoms with van der Waals surface area (Å²) >= 11 is 0. The Morgan fingerprint density at radius 2 is 2.00 bits per heavy atom. The van der Waals surface area contributed by atoms with Gasteiger partial charge in [0.05, 0.1) is 17.6 Å². The first-order valence-electron chi connectivity index (χ1n) is 7.77. The van der Waals surface area contributed by atoms with Crippen LogP contribution >= 0.6 is 0 Å². The molecule has 3 aromatic rings. The number of nitrogens with one attached hydrogen (secondary N) is 2. The van der Waals surface area contributed by atoms with E-state index in [1.54, 1.807) is 0 Å². The minimum absolute atomic E-state index is 0.0630. The van der Waals surface area contributed by atoms with Gasteiger partial charge in [-0.2, -0.15) is 18.3 Å². The van der Waals surface area contributed by atoms with E-state index in [9.17, 15) is 13.2 Å². The van der Waals surface area contributed by atoms with Crippen LogP contribution in [0.5, 0.6) is 5.75 Å². The van der Waals surface area contributed by atoms with E-state index in [0.29, 0.717) is 12.4 Å². The van der Waals surface area contributed by atoms with Gasteiger partial charge in [0.1, 0.15) is 5.75 Å². The molecule has 0 atom stereocenters. The Hall–Kier alpha value is -2.77. The standard InChI is InChI=1S/C17H17F3N4O/c1-3-25-13-7-5-4-6-11(13)9-21-15-14-12(17(18,19)20)8-10(2)22-16(14)24-23-15/h4-8H,3,9H2,1-2H3,(H2,21,22,23,24). The number of H-pyrrole nitrogens is 1. The lowest BCUT2D eigenvalue weighted by molar-refractivity contribution is -0.136. The van der Waals surface area contributed by atoms with E-state index in [1.165, 1.54) is 6.92 Å². The monoisotopic (exact) mass is 350 g/mol. The number of aryl methyl sites for hydroxylation is 1. The van der Waals surface area contributed by atoms with Crippen molar-refractivity contribution < 1.29 is 17.9 Å². The summed E-state index contributed by atoms with van der Waals surface area (Å²) in [7, 11) is 0. The first-order valence-corrected chi connectivity index (χ1v) is 7.77. The normalized spacial score (nSPS) is 11.7. The maximum absolute atomic E-state index is 13.4. The number of pyridine rings is 1. The number of hydrogen-bond donors (Lipinski definition) is 2. The van der Waals surface area contributed by atoms with Crippen molar-refractivity contribution in [3.8, 4) is 5.75 Å². The van der Waals surface area contributed by atoms with Gasteiger partial charge in [-0.1, -0.05) is 18.2 Å². The second-order valence-electron chi connectivity index (χ2n) is 5.50. The Labute approximate surface area is 142 Å².